The lowest BCUT2D eigenvalue weighted by Crippen LogP contribution is -2.48. The van der Waals surface area contributed by atoms with Gasteiger partial charge in [-0.15, -0.1) is 0 Å². The van der Waals surface area contributed by atoms with E-state index in [0.717, 1.165) is 63.0 Å². The summed E-state index contributed by atoms with van der Waals surface area (Å²) >= 11 is 0. The Hall–Kier alpha value is -3.41. The zero-order valence-electron chi connectivity index (χ0n) is 25.8. The normalized spacial score (nSPS) is 15.6. The fraction of sp³-hybridized carbons (Fsp3) is 0.441. The van der Waals surface area contributed by atoms with Gasteiger partial charge in [-0.2, -0.15) is 13.2 Å². The number of amides is 1. The van der Waals surface area contributed by atoms with Crippen molar-refractivity contribution in [3.63, 3.8) is 0 Å². The predicted molar refractivity (Wildman–Crippen MR) is 168 cm³/mol. The summed E-state index contributed by atoms with van der Waals surface area (Å²) in [4.78, 5) is 17.4. The summed E-state index contributed by atoms with van der Waals surface area (Å²) in [7, 11) is -2.00. The smallest absolute Gasteiger partial charge is 0.416 e. The SMILES string of the molecule is CCCN(C(=O)OCc1cccc(C(F)(F)F)c1)C1CCN(CCC(CN(C)S(=O)(=O)c2ccccc2)c2ccccc2)CC1. The first kappa shape index (κ1) is 34.5. The van der Waals surface area contributed by atoms with Crippen LogP contribution in [0, 0.1) is 0 Å². The van der Waals surface area contributed by atoms with Gasteiger partial charge in [0.25, 0.3) is 0 Å². The van der Waals surface area contributed by atoms with E-state index in [1.165, 1.54) is 16.4 Å². The Kier molecular flexibility index (Phi) is 12.0. The van der Waals surface area contributed by atoms with Crippen LogP contribution in [0.4, 0.5) is 18.0 Å². The van der Waals surface area contributed by atoms with Crippen molar-refractivity contribution in [2.24, 2.45) is 0 Å². The van der Waals surface area contributed by atoms with Gasteiger partial charge >= 0.3 is 12.3 Å². The molecule has 1 atom stereocenters. The molecule has 7 nitrogen and oxygen atoms in total. The van der Waals surface area contributed by atoms with Crippen LogP contribution in [0.25, 0.3) is 0 Å². The van der Waals surface area contributed by atoms with Gasteiger partial charge in [0.2, 0.25) is 10.0 Å². The minimum atomic E-state index is -4.46. The first-order valence-electron chi connectivity index (χ1n) is 15.4. The molecule has 0 bridgehead atoms. The molecule has 1 saturated heterocycles. The fourth-order valence-electron chi connectivity index (χ4n) is 5.79. The van der Waals surface area contributed by atoms with Crippen molar-refractivity contribution in [3.05, 3.63) is 102 Å². The number of ether oxygens (including phenoxy) is 1. The highest BCUT2D eigenvalue weighted by atomic mass is 32.2. The lowest BCUT2D eigenvalue weighted by molar-refractivity contribution is -0.137. The van der Waals surface area contributed by atoms with Crippen molar-refractivity contribution in [3.8, 4) is 0 Å². The molecule has 0 N–H and O–H groups in total. The van der Waals surface area contributed by atoms with Crippen molar-refractivity contribution in [2.45, 2.75) is 62.2 Å². The highest BCUT2D eigenvalue weighted by Crippen LogP contribution is 2.30. The number of rotatable bonds is 13. The van der Waals surface area contributed by atoms with Crippen LogP contribution in [0.3, 0.4) is 0 Å². The molecular formula is C34H42F3N3O4S. The van der Waals surface area contributed by atoms with Gasteiger partial charge < -0.3 is 14.5 Å². The van der Waals surface area contributed by atoms with Crippen molar-refractivity contribution >= 4 is 16.1 Å². The van der Waals surface area contributed by atoms with Crippen LogP contribution < -0.4 is 0 Å². The summed E-state index contributed by atoms with van der Waals surface area (Å²) in [5.74, 6) is -0.00479. The largest absolute Gasteiger partial charge is 0.445 e. The molecule has 1 unspecified atom stereocenters. The number of alkyl halides is 3. The maximum Gasteiger partial charge on any atom is 0.416 e. The average Bonchev–Trinajstić information content (AvgIpc) is 3.05. The Balaban J connectivity index is 1.33. The molecule has 3 aromatic carbocycles. The van der Waals surface area contributed by atoms with Crippen LogP contribution in [-0.2, 0) is 27.5 Å². The van der Waals surface area contributed by atoms with E-state index in [2.05, 4.69) is 4.90 Å². The zero-order valence-corrected chi connectivity index (χ0v) is 26.6. The third-order valence-electron chi connectivity index (χ3n) is 8.31. The summed E-state index contributed by atoms with van der Waals surface area (Å²) in [5.41, 5.74) is 0.604. The van der Waals surface area contributed by atoms with Gasteiger partial charge in [0.05, 0.1) is 10.5 Å². The Labute approximate surface area is 264 Å². The van der Waals surface area contributed by atoms with E-state index < -0.39 is 27.9 Å². The minimum Gasteiger partial charge on any atom is -0.445 e. The first-order chi connectivity index (χ1) is 21.5. The van der Waals surface area contributed by atoms with Gasteiger partial charge in [-0.3, -0.25) is 0 Å². The summed E-state index contributed by atoms with van der Waals surface area (Å²) in [6, 6.07) is 23.2. The molecule has 0 aliphatic carbocycles. The molecule has 3 aromatic rings. The molecular weight excluding hydrogens is 603 g/mol. The first-order valence-corrected chi connectivity index (χ1v) is 16.8. The van der Waals surface area contributed by atoms with Crippen LogP contribution in [0.5, 0.6) is 0 Å². The molecule has 45 heavy (non-hydrogen) atoms. The average molecular weight is 646 g/mol. The number of likely N-dealkylation sites (N-methyl/N-ethyl adjacent to an activating group) is 1. The summed E-state index contributed by atoms with van der Waals surface area (Å²) in [6.07, 6.45) is -1.98. The van der Waals surface area contributed by atoms with Gasteiger partial charge in [0.15, 0.2) is 0 Å². The maximum absolute atomic E-state index is 13.2. The standard InChI is InChI=1S/C34H42F3N3O4S/c1-3-20-40(33(41)44-26-27-11-10-14-30(24-27)34(35,36)37)31-18-22-39(23-19-31)21-17-29(28-12-6-4-7-13-28)25-38(2)45(42,43)32-15-8-5-9-16-32/h4-16,24,29,31H,3,17-23,25-26H2,1-2H3. The third kappa shape index (κ3) is 9.54. The monoisotopic (exact) mass is 645 g/mol. The predicted octanol–water partition coefficient (Wildman–Crippen LogP) is 7.01. The topological polar surface area (TPSA) is 70.2 Å². The van der Waals surface area contributed by atoms with Crippen molar-refractivity contribution < 1.29 is 31.1 Å². The van der Waals surface area contributed by atoms with Gasteiger partial charge in [0, 0.05) is 39.3 Å². The molecule has 1 heterocycles. The third-order valence-corrected chi connectivity index (χ3v) is 10.1. The number of benzene rings is 3. The van der Waals surface area contributed by atoms with Gasteiger partial charge in [-0.1, -0.05) is 67.6 Å². The minimum absolute atomic E-state index is 0.00479. The number of nitrogens with zero attached hydrogens (tertiary/aromatic N) is 3. The number of sulfonamides is 1. The van der Waals surface area contributed by atoms with Crippen molar-refractivity contribution in [1.82, 2.24) is 14.1 Å². The molecule has 1 aliphatic heterocycles. The summed E-state index contributed by atoms with van der Waals surface area (Å²) in [6.45, 7) is 4.92. The fourth-order valence-corrected chi connectivity index (χ4v) is 7.03. The Morgan fingerprint density at radius 3 is 2.24 bits per heavy atom. The van der Waals surface area contributed by atoms with Gasteiger partial charge in [-0.25, -0.2) is 17.5 Å². The highest BCUT2D eigenvalue weighted by molar-refractivity contribution is 7.89. The maximum atomic E-state index is 13.2. The molecule has 0 saturated carbocycles. The number of carbonyl (C=O) groups is 1. The van der Waals surface area contributed by atoms with E-state index in [4.69, 9.17) is 4.74 Å². The van der Waals surface area contributed by atoms with Gasteiger partial charge in [0.1, 0.15) is 6.61 Å². The second-order valence-corrected chi connectivity index (χ2v) is 13.6. The zero-order chi connectivity index (χ0) is 32.5. The van der Waals surface area contributed by atoms with E-state index in [1.54, 1.807) is 42.3 Å². The van der Waals surface area contributed by atoms with Gasteiger partial charge in [-0.05, 0) is 73.5 Å². The lowest BCUT2D eigenvalue weighted by Gasteiger charge is -2.38. The van der Waals surface area contributed by atoms with Crippen LogP contribution >= 0.6 is 0 Å². The number of hydrogen-bond donors (Lipinski definition) is 0. The van der Waals surface area contributed by atoms with Crippen molar-refractivity contribution in [2.75, 3.05) is 39.8 Å². The van der Waals surface area contributed by atoms with E-state index in [9.17, 15) is 26.4 Å². The number of halogens is 3. The van der Waals surface area contributed by atoms with E-state index in [-0.39, 0.29) is 23.5 Å². The molecule has 1 fully saturated rings. The van der Waals surface area contributed by atoms with E-state index >= 15 is 0 Å². The number of likely N-dealkylation sites (tertiary alicyclic amines) is 1. The Morgan fingerprint density at radius 1 is 0.978 bits per heavy atom. The Bertz CT molecular complexity index is 1460. The number of hydrogen-bond acceptors (Lipinski definition) is 5. The summed E-state index contributed by atoms with van der Waals surface area (Å²) in [5, 5.41) is 0. The lowest BCUT2D eigenvalue weighted by atomic mass is 9.94. The van der Waals surface area contributed by atoms with Crippen LogP contribution in [0.15, 0.2) is 89.8 Å². The number of piperidine rings is 1. The molecule has 0 aromatic heterocycles. The molecule has 1 aliphatic rings. The second-order valence-electron chi connectivity index (χ2n) is 11.5. The van der Waals surface area contributed by atoms with E-state index in [0.29, 0.717) is 18.7 Å². The van der Waals surface area contributed by atoms with Crippen LogP contribution in [-0.4, -0.2) is 74.4 Å². The highest BCUT2D eigenvalue weighted by Gasteiger charge is 2.32. The van der Waals surface area contributed by atoms with Crippen LogP contribution in [0.1, 0.15) is 55.2 Å². The van der Waals surface area contributed by atoms with E-state index in [1.807, 2.05) is 37.3 Å². The molecule has 1 amide bonds. The molecule has 0 radical (unpaired) electrons. The van der Waals surface area contributed by atoms with Crippen LogP contribution in [0.2, 0.25) is 0 Å². The second kappa shape index (κ2) is 15.7. The molecule has 4 rings (SSSR count). The molecule has 0 spiro atoms. The van der Waals surface area contributed by atoms with Crippen molar-refractivity contribution in [1.29, 1.82) is 0 Å². The Morgan fingerprint density at radius 2 is 1.62 bits per heavy atom. The summed E-state index contributed by atoms with van der Waals surface area (Å²) < 4.78 is 72.6. The molecule has 244 valence electrons. The molecule has 11 heteroatoms. The quantitative estimate of drug-likeness (QED) is 0.200. The number of carbonyl (C=O) groups excluding carboxylic acids is 1.